The number of carboxylic acid groups (broad SMARTS) is 1. The Morgan fingerprint density at radius 1 is 1.22 bits per heavy atom. The average molecular weight is 260 g/mol. The smallest absolute Gasteiger partial charge is 0.321 e. The van der Waals surface area contributed by atoms with Crippen LogP contribution in [-0.4, -0.2) is 41.8 Å². The topological polar surface area (TPSA) is 105 Å². The Kier molecular flexibility index (Phi) is 6.96. The van der Waals surface area contributed by atoms with Gasteiger partial charge in [-0.1, -0.05) is 0 Å². The molecular formula is C11H20N2O5. The largest absolute Gasteiger partial charge is 0.481 e. The molecule has 0 bridgehead atoms. The number of urea groups is 1. The fraction of sp³-hybridized carbons (Fsp3) is 0.727. The standard InChI is InChI=1S/C11H20N2O5/c1-4-18-11(2,3)7-12-10(17)13-8(14)5-6-9(15)16/h4-7H2,1-3H3,(H,15,16)(H2,12,13,14,17). The monoisotopic (exact) mass is 260 g/mol. The van der Waals surface area contributed by atoms with E-state index in [1.807, 2.05) is 26.1 Å². The summed E-state index contributed by atoms with van der Waals surface area (Å²) in [6, 6.07) is -0.654. The predicted octanol–water partition coefficient (Wildman–Crippen LogP) is 0.492. The van der Waals surface area contributed by atoms with Crippen LogP contribution in [0.1, 0.15) is 33.6 Å². The van der Waals surface area contributed by atoms with Gasteiger partial charge in [0.1, 0.15) is 0 Å². The molecule has 3 amide bonds. The van der Waals surface area contributed by atoms with E-state index in [0.29, 0.717) is 6.61 Å². The minimum Gasteiger partial charge on any atom is -0.481 e. The molecule has 0 radical (unpaired) electrons. The van der Waals surface area contributed by atoms with E-state index in [2.05, 4.69) is 5.32 Å². The molecule has 0 aliphatic carbocycles. The molecule has 0 saturated heterocycles. The van der Waals surface area contributed by atoms with Gasteiger partial charge in [0.15, 0.2) is 0 Å². The van der Waals surface area contributed by atoms with E-state index in [1.165, 1.54) is 0 Å². The maximum absolute atomic E-state index is 11.3. The van der Waals surface area contributed by atoms with Crippen LogP contribution in [0.2, 0.25) is 0 Å². The van der Waals surface area contributed by atoms with Gasteiger partial charge >= 0.3 is 12.0 Å². The molecule has 0 aromatic carbocycles. The summed E-state index contributed by atoms with van der Waals surface area (Å²) in [6.45, 7) is 6.23. The second-order valence-corrected chi connectivity index (χ2v) is 4.32. The van der Waals surface area contributed by atoms with E-state index in [4.69, 9.17) is 9.84 Å². The number of carbonyl (C=O) groups excluding carboxylic acids is 2. The first-order valence-electron chi connectivity index (χ1n) is 5.70. The summed E-state index contributed by atoms with van der Waals surface area (Å²) in [5.74, 6) is -1.70. The van der Waals surface area contributed by atoms with E-state index in [1.54, 1.807) is 0 Å². The van der Waals surface area contributed by atoms with Gasteiger partial charge in [0.25, 0.3) is 0 Å². The Morgan fingerprint density at radius 3 is 2.33 bits per heavy atom. The van der Waals surface area contributed by atoms with Crippen molar-refractivity contribution < 1.29 is 24.2 Å². The summed E-state index contributed by atoms with van der Waals surface area (Å²) in [6.07, 6.45) is -0.527. The third-order valence-corrected chi connectivity index (χ3v) is 2.03. The number of hydrogen-bond donors (Lipinski definition) is 3. The Balaban J connectivity index is 3.90. The van der Waals surface area contributed by atoms with Gasteiger partial charge < -0.3 is 15.2 Å². The Morgan fingerprint density at radius 2 is 1.83 bits per heavy atom. The van der Waals surface area contributed by atoms with E-state index >= 15 is 0 Å². The van der Waals surface area contributed by atoms with Crippen LogP contribution in [-0.2, 0) is 14.3 Å². The Bertz CT molecular complexity index is 315. The van der Waals surface area contributed by atoms with Crippen molar-refractivity contribution in [3.8, 4) is 0 Å². The molecule has 7 heteroatoms. The maximum atomic E-state index is 11.3. The van der Waals surface area contributed by atoms with E-state index in [9.17, 15) is 14.4 Å². The number of imide groups is 1. The lowest BCUT2D eigenvalue weighted by molar-refractivity contribution is -0.138. The third kappa shape index (κ3) is 8.51. The molecule has 0 aromatic rings. The molecule has 0 saturated carbocycles. The highest BCUT2D eigenvalue weighted by atomic mass is 16.5. The van der Waals surface area contributed by atoms with Crippen LogP contribution in [0, 0.1) is 0 Å². The highest BCUT2D eigenvalue weighted by Crippen LogP contribution is 2.06. The molecule has 3 N–H and O–H groups in total. The van der Waals surface area contributed by atoms with Crippen molar-refractivity contribution in [2.24, 2.45) is 0 Å². The number of rotatable bonds is 7. The summed E-state index contributed by atoms with van der Waals surface area (Å²) >= 11 is 0. The highest BCUT2D eigenvalue weighted by molar-refractivity contribution is 5.95. The number of carbonyl (C=O) groups is 3. The molecule has 0 unspecified atom stereocenters. The second-order valence-electron chi connectivity index (χ2n) is 4.32. The minimum absolute atomic E-state index is 0.225. The minimum atomic E-state index is -1.08. The van der Waals surface area contributed by atoms with Gasteiger partial charge in [-0.3, -0.25) is 14.9 Å². The van der Waals surface area contributed by atoms with Gasteiger partial charge in [-0.05, 0) is 20.8 Å². The number of hydrogen-bond acceptors (Lipinski definition) is 4. The quantitative estimate of drug-likeness (QED) is 0.618. The molecular weight excluding hydrogens is 240 g/mol. The van der Waals surface area contributed by atoms with Crippen LogP contribution in [0.15, 0.2) is 0 Å². The van der Waals surface area contributed by atoms with Crippen molar-refractivity contribution in [1.82, 2.24) is 10.6 Å². The van der Waals surface area contributed by atoms with Crippen LogP contribution in [0.25, 0.3) is 0 Å². The van der Waals surface area contributed by atoms with Crippen molar-refractivity contribution in [3.05, 3.63) is 0 Å². The van der Waals surface area contributed by atoms with Crippen molar-refractivity contribution in [2.45, 2.75) is 39.2 Å². The molecule has 104 valence electrons. The number of aliphatic carboxylic acids is 1. The lowest BCUT2D eigenvalue weighted by atomic mass is 10.1. The van der Waals surface area contributed by atoms with Gasteiger partial charge in [-0.15, -0.1) is 0 Å². The predicted molar refractivity (Wildman–Crippen MR) is 64.1 cm³/mol. The molecule has 0 aliphatic heterocycles. The zero-order chi connectivity index (χ0) is 14.2. The van der Waals surface area contributed by atoms with Crippen molar-refractivity contribution in [1.29, 1.82) is 0 Å². The molecule has 0 aliphatic rings. The first-order chi connectivity index (χ1) is 8.26. The lowest BCUT2D eigenvalue weighted by Crippen LogP contribution is -2.46. The van der Waals surface area contributed by atoms with E-state index in [0.717, 1.165) is 0 Å². The zero-order valence-corrected chi connectivity index (χ0v) is 10.9. The van der Waals surface area contributed by atoms with E-state index < -0.39 is 23.5 Å². The Hall–Kier alpha value is -1.63. The maximum Gasteiger partial charge on any atom is 0.321 e. The fourth-order valence-corrected chi connectivity index (χ4v) is 1.19. The normalized spacial score (nSPS) is 10.8. The van der Waals surface area contributed by atoms with Gasteiger partial charge in [0.2, 0.25) is 5.91 Å². The van der Waals surface area contributed by atoms with Crippen molar-refractivity contribution >= 4 is 17.9 Å². The van der Waals surface area contributed by atoms with E-state index in [-0.39, 0.29) is 19.4 Å². The first-order valence-corrected chi connectivity index (χ1v) is 5.70. The van der Waals surface area contributed by atoms with Crippen LogP contribution >= 0.6 is 0 Å². The lowest BCUT2D eigenvalue weighted by Gasteiger charge is -2.24. The summed E-state index contributed by atoms with van der Waals surface area (Å²) in [5, 5.41) is 12.9. The Labute approximate surface area is 106 Å². The summed E-state index contributed by atoms with van der Waals surface area (Å²) in [7, 11) is 0. The molecule has 0 atom stereocenters. The number of nitrogens with one attached hydrogen (secondary N) is 2. The molecule has 0 rings (SSSR count). The van der Waals surface area contributed by atoms with Gasteiger partial charge in [0.05, 0.1) is 12.0 Å². The molecule has 0 spiro atoms. The summed E-state index contributed by atoms with van der Waals surface area (Å²) in [4.78, 5) is 32.7. The van der Waals surface area contributed by atoms with Crippen molar-refractivity contribution in [2.75, 3.05) is 13.2 Å². The average Bonchev–Trinajstić information content (AvgIpc) is 2.24. The van der Waals surface area contributed by atoms with Crippen LogP contribution < -0.4 is 10.6 Å². The molecule has 18 heavy (non-hydrogen) atoms. The van der Waals surface area contributed by atoms with Crippen LogP contribution in [0.5, 0.6) is 0 Å². The van der Waals surface area contributed by atoms with Gasteiger partial charge in [-0.25, -0.2) is 4.79 Å². The van der Waals surface area contributed by atoms with Crippen molar-refractivity contribution in [3.63, 3.8) is 0 Å². The number of ether oxygens (including phenoxy) is 1. The summed E-state index contributed by atoms with van der Waals surface area (Å²) in [5.41, 5.74) is -0.518. The fourth-order valence-electron chi connectivity index (χ4n) is 1.19. The van der Waals surface area contributed by atoms with Gasteiger partial charge in [0, 0.05) is 19.6 Å². The SMILES string of the molecule is CCOC(C)(C)CNC(=O)NC(=O)CCC(=O)O. The number of carboxylic acids is 1. The zero-order valence-electron chi connectivity index (χ0n) is 10.9. The van der Waals surface area contributed by atoms with Crippen LogP contribution in [0.4, 0.5) is 4.79 Å². The van der Waals surface area contributed by atoms with Crippen LogP contribution in [0.3, 0.4) is 0 Å². The molecule has 0 fully saturated rings. The first kappa shape index (κ1) is 16.4. The third-order valence-electron chi connectivity index (χ3n) is 2.03. The second kappa shape index (κ2) is 7.65. The summed E-state index contributed by atoms with van der Waals surface area (Å²) < 4.78 is 5.36. The molecule has 0 heterocycles. The molecule has 7 nitrogen and oxygen atoms in total. The molecule has 0 aromatic heterocycles. The highest BCUT2D eigenvalue weighted by Gasteiger charge is 2.19. The van der Waals surface area contributed by atoms with Gasteiger partial charge in [-0.2, -0.15) is 0 Å². The number of amides is 3.